The van der Waals surface area contributed by atoms with Crippen molar-refractivity contribution < 1.29 is 37.1 Å². The fourth-order valence-corrected chi connectivity index (χ4v) is 7.62. The van der Waals surface area contributed by atoms with Gasteiger partial charge in [0.15, 0.2) is 10.8 Å². The molecule has 0 radical (unpaired) electrons. The van der Waals surface area contributed by atoms with E-state index in [2.05, 4.69) is 25.8 Å². The number of likely N-dealkylation sites (tertiary alicyclic amines) is 1. The number of hydrogen-bond acceptors (Lipinski definition) is 10. The number of anilines is 4. The van der Waals surface area contributed by atoms with Crippen molar-refractivity contribution in [2.75, 3.05) is 46.7 Å². The Morgan fingerprint density at radius 2 is 1.80 bits per heavy atom. The highest BCUT2D eigenvalue weighted by molar-refractivity contribution is 7.81. The molecule has 0 saturated carbocycles. The van der Waals surface area contributed by atoms with Crippen LogP contribution in [0.25, 0.3) is 0 Å². The van der Waals surface area contributed by atoms with Gasteiger partial charge in [-0.25, -0.2) is 4.98 Å². The summed E-state index contributed by atoms with van der Waals surface area (Å²) in [6.45, 7) is 7.35. The van der Waals surface area contributed by atoms with E-state index < -0.39 is 34.9 Å². The second-order valence-electron chi connectivity index (χ2n) is 14.5. The predicted molar refractivity (Wildman–Crippen MR) is 206 cm³/mol. The van der Waals surface area contributed by atoms with E-state index >= 15 is 0 Å². The summed E-state index contributed by atoms with van der Waals surface area (Å²) in [6.07, 6.45) is -0.913. The maximum Gasteiger partial charge on any atom is 0.419 e. The summed E-state index contributed by atoms with van der Waals surface area (Å²) in [5, 5.41) is 17.5. The van der Waals surface area contributed by atoms with Crippen LogP contribution in [0.3, 0.4) is 0 Å². The molecule has 3 N–H and O–H groups in total. The fraction of sp³-hybridized carbons (Fsp3) is 0.410. The first kappa shape index (κ1) is 40.1. The number of carbonyl (C=O) groups is 4. The van der Waals surface area contributed by atoms with Gasteiger partial charge in [0.1, 0.15) is 23.4 Å². The molecule has 56 heavy (non-hydrogen) atoms. The number of pyridine rings is 1. The SMILES string of the molecule is CCc1cc(N2C(=S)N(c3cnc(C#N)c(C(F)(F)F)c3)C(=O)C2(C)C)ccc1OCC1CCN(CC(=O)Nc2cccc(NC3CCC(=O)NC3=O)c2)CC1. The number of nitrogens with zero attached hydrogens (tertiary/aromatic N) is 5. The minimum Gasteiger partial charge on any atom is -0.493 e. The number of benzene rings is 2. The van der Waals surface area contributed by atoms with E-state index in [1.165, 1.54) is 6.07 Å². The van der Waals surface area contributed by atoms with Gasteiger partial charge in [-0.2, -0.15) is 18.4 Å². The van der Waals surface area contributed by atoms with Crippen LogP contribution in [0.5, 0.6) is 5.75 Å². The first-order chi connectivity index (χ1) is 26.6. The molecule has 17 heteroatoms. The summed E-state index contributed by atoms with van der Waals surface area (Å²) in [5.41, 5.74) is -0.803. The first-order valence-electron chi connectivity index (χ1n) is 18.2. The molecule has 3 saturated heterocycles. The fourth-order valence-electron chi connectivity index (χ4n) is 7.10. The Morgan fingerprint density at radius 1 is 1.07 bits per heavy atom. The molecule has 3 fully saturated rings. The van der Waals surface area contributed by atoms with E-state index in [4.69, 9.17) is 22.2 Å². The first-order valence-corrected chi connectivity index (χ1v) is 18.6. The zero-order valence-corrected chi connectivity index (χ0v) is 31.9. The Labute approximate surface area is 327 Å². The lowest BCUT2D eigenvalue weighted by Crippen LogP contribution is -2.47. The summed E-state index contributed by atoms with van der Waals surface area (Å²) >= 11 is 5.68. The minimum absolute atomic E-state index is 0.0221. The van der Waals surface area contributed by atoms with Crippen LogP contribution in [-0.4, -0.2) is 76.4 Å². The van der Waals surface area contributed by atoms with Gasteiger partial charge in [0.2, 0.25) is 17.7 Å². The van der Waals surface area contributed by atoms with Gasteiger partial charge >= 0.3 is 6.18 Å². The zero-order valence-electron chi connectivity index (χ0n) is 31.0. The third-order valence-corrected chi connectivity index (χ3v) is 10.5. The van der Waals surface area contributed by atoms with Crippen molar-refractivity contribution in [2.24, 2.45) is 5.92 Å². The van der Waals surface area contributed by atoms with Crippen molar-refractivity contribution in [3.05, 3.63) is 71.5 Å². The average Bonchev–Trinajstić information content (AvgIpc) is 3.33. The van der Waals surface area contributed by atoms with Crippen LogP contribution in [0.4, 0.5) is 35.9 Å². The lowest BCUT2D eigenvalue weighted by Gasteiger charge is -2.32. The molecule has 3 aliphatic heterocycles. The molecule has 0 aliphatic carbocycles. The molecule has 1 unspecified atom stereocenters. The molecule has 3 aliphatic rings. The molecule has 13 nitrogen and oxygen atoms in total. The quantitative estimate of drug-likeness (QED) is 0.169. The molecule has 1 atom stereocenters. The van der Waals surface area contributed by atoms with Gasteiger partial charge in [-0.05, 0) is 119 Å². The van der Waals surface area contributed by atoms with Crippen LogP contribution in [0, 0.1) is 17.2 Å². The van der Waals surface area contributed by atoms with Gasteiger partial charge in [0.05, 0.1) is 30.6 Å². The number of ether oxygens (including phenoxy) is 1. The summed E-state index contributed by atoms with van der Waals surface area (Å²) in [5.74, 6) is -0.430. The van der Waals surface area contributed by atoms with Crippen LogP contribution >= 0.6 is 12.2 Å². The van der Waals surface area contributed by atoms with Gasteiger partial charge in [0, 0.05) is 23.5 Å². The molecule has 294 valence electrons. The third-order valence-electron chi connectivity index (χ3n) is 10.2. The summed E-state index contributed by atoms with van der Waals surface area (Å²) < 4.78 is 47.5. The molecule has 1 aromatic heterocycles. The Balaban J connectivity index is 1.02. The second-order valence-corrected chi connectivity index (χ2v) is 14.8. The smallest absolute Gasteiger partial charge is 0.419 e. The normalized spacial score (nSPS) is 19.1. The van der Waals surface area contributed by atoms with Crippen molar-refractivity contribution in [3.8, 4) is 11.8 Å². The number of amides is 4. The maximum absolute atomic E-state index is 13.7. The number of hydrogen-bond donors (Lipinski definition) is 3. The molecular weight excluding hydrogens is 750 g/mol. The number of nitrogens with one attached hydrogen (secondary N) is 3. The lowest BCUT2D eigenvalue weighted by atomic mass is 9.97. The number of carbonyl (C=O) groups excluding carboxylic acids is 4. The Bertz CT molecular complexity index is 2100. The zero-order chi connectivity index (χ0) is 40.4. The number of thiocarbonyl (C=S) groups is 1. The van der Waals surface area contributed by atoms with Crippen molar-refractivity contribution in [1.82, 2.24) is 15.2 Å². The van der Waals surface area contributed by atoms with Gasteiger partial charge < -0.3 is 20.3 Å². The Kier molecular flexibility index (Phi) is 11.6. The molecule has 0 bridgehead atoms. The van der Waals surface area contributed by atoms with Crippen LogP contribution in [0.1, 0.15) is 63.3 Å². The molecule has 6 rings (SSSR count). The van der Waals surface area contributed by atoms with Crippen molar-refractivity contribution in [2.45, 2.75) is 70.6 Å². The standard InChI is InChI=1S/C39H41F3N8O5S/c1-4-24-16-27(50-37(56)49(36(54)38(50,2)3)28-18-29(39(40,41)42)31(19-43)44-20-28)8-10-32(24)55-22-23-12-14-48(15-13-23)21-34(52)46-26-7-5-6-25(17-26)45-30-9-11-33(51)47-35(30)53/h5-8,10,16-18,20,23,30,45H,4,9,11-15,21-22H2,1-3H3,(H,46,52)(H,47,51,53). The van der Waals surface area contributed by atoms with Gasteiger partial charge in [-0.3, -0.25) is 34.3 Å². The molecular formula is C39H41F3N8O5S. The minimum atomic E-state index is -4.86. The summed E-state index contributed by atoms with van der Waals surface area (Å²) in [7, 11) is 0. The number of piperidine rings is 2. The Hall–Kier alpha value is -5.60. The monoisotopic (exact) mass is 790 g/mol. The number of aryl methyl sites for hydroxylation is 1. The third kappa shape index (κ3) is 8.61. The number of aromatic nitrogens is 1. The highest BCUT2D eigenvalue weighted by Crippen LogP contribution is 2.40. The second kappa shape index (κ2) is 16.2. The lowest BCUT2D eigenvalue weighted by molar-refractivity contribution is -0.138. The number of rotatable bonds is 11. The molecule has 4 amide bonds. The summed E-state index contributed by atoms with van der Waals surface area (Å²) in [4.78, 5) is 58.5. The molecule has 4 heterocycles. The number of alkyl halides is 3. The number of halogens is 3. The van der Waals surface area contributed by atoms with Gasteiger partial charge in [-0.15, -0.1) is 0 Å². The highest BCUT2D eigenvalue weighted by Gasteiger charge is 2.51. The largest absolute Gasteiger partial charge is 0.493 e. The maximum atomic E-state index is 13.7. The van der Waals surface area contributed by atoms with Gasteiger partial charge in [0.25, 0.3) is 5.91 Å². The molecule has 0 spiro atoms. The van der Waals surface area contributed by atoms with E-state index in [1.54, 1.807) is 55.1 Å². The van der Waals surface area contributed by atoms with E-state index in [0.717, 1.165) is 35.6 Å². The Morgan fingerprint density at radius 3 is 2.48 bits per heavy atom. The topological polar surface area (TPSA) is 160 Å². The molecule has 2 aromatic carbocycles. The van der Waals surface area contributed by atoms with Crippen molar-refractivity contribution in [1.29, 1.82) is 5.26 Å². The number of nitriles is 1. The summed E-state index contributed by atoms with van der Waals surface area (Å²) in [6, 6.07) is 14.2. The highest BCUT2D eigenvalue weighted by atomic mass is 32.1. The molecule has 3 aromatic rings. The van der Waals surface area contributed by atoms with Crippen LogP contribution in [0.2, 0.25) is 0 Å². The number of imide groups is 1. The van der Waals surface area contributed by atoms with Crippen molar-refractivity contribution in [3.63, 3.8) is 0 Å². The van der Waals surface area contributed by atoms with E-state index in [0.29, 0.717) is 55.3 Å². The van der Waals surface area contributed by atoms with Crippen LogP contribution < -0.4 is 30.5 Å². The van der Waals surface area contributed by atoms with Crippen molar-refractivity contribution >= 4 is 63.7 Å². The van der Waals surface area contributed by atoms with Gasteiger partial charge in [-0.1, -0.05) is 13.0 Å². The van der Waals surface area contributed by atoms with E-state index in [1.807, 2.05) is 13.0 Å². The van der Waals surface area contributed by atoms with Crippen LogP contribution in [-0.2, 0) is 31.8 Å². The van der Waals surface area contributed by atoms with E-state index in [9.17, 15) is 32.3 Å². The van der Waals surface area contributed by atoms with E-state index in [-0.39, 0.29) is 47.4 Å². The predicted octanol–water partition coefficient (Wildman–Crippen LogP) is 5.40. The van der Waals surface area contributed by atoms with Crippen LogP contribution in [0.15, 0.2) is 54.7 Å². The average molecular weight is 791 g/mol.